The molecule has 4 aromatic rings. The molecule has 0 aromatic heterocycles. The van der Waals surface area contributed by atoms with Crippen LogP contribution in [0.3, 0.4) is 0 Å². The SMILES string of the molecule is O=C(COc1ccc2cc(Br)ccc2c1Br)NNC(=S)NC(=O)c1ccccc1OCCOc1ccccc1. The molecule has 2 amide bonds. The molecule has 0 heterocycles. The fourth-order valence-corrected chi connectivity index (χ4v) is 4.60. The van der Waals surface area contributed by atoms with E-state index in [0.717, 1.165) is 25.5 Å². The summed E-state index contributed by atoms with van der Waals surface area (Å²) in [4.78, 5) is 25.0. The molecule has 8 nitrogen and oxygen atoms in total. The maximum Gasteiger partial charge on any atom is 0.276 e. The van der Waals surface area contributed by atoms with Crippen LogP contribution < -0.4 is 30.4 Å². The van der Waals surface area contributed by atoms with Gasteiger partial charge in [0.25, 0.3) is 11.8 Å². The van der Waals surface area contributed by atoms with Crippen molar-refractivity contribution in [2.45, 2.75) is 0 Å². The summed E-state index contributed by atoms with van der Waals surface area (Å²) in [6, 6.07) is 25.7. The number of ether oxygens (including phenoxy) is 3. The standard InChI is InChI=1S/C28H23Br2N3O5S/c29-19-11-12-21-18(16-19)10-13-24(26(21)30)38-17-25(34)32-33-28(39)31-27(35)22-8-4-5-9-23(22)37-15-14-36-20-6-2-1-3-7-20/h1-13,16H,14-15,17H2,(H,32,34)(H2,31,33,35,39). The van der Waals surface area contributed by atoms with Gasteiger partial charge in [-0.2, -0.15) is 0 Å². The molecular formula is C28H23Br2N3O5S. The summed E-state index contributed by atoms with van der Waals surface area (Å²) in [5.41, 5.74) is 5.19. The predicted molar refractivity (Wildman–Crippen MR) is 160 cm³/mol. The Balaban J connectivity index is 1.22. The van der Waals surface area contributed by atoms with Gasteiger partial charge in [0.05, 0.1) is 10.0 Å². The summed E-state index contributed by atoms with van der Waals surface area (Å²) >= 11 is 12.1. The minimum Gasteiger partial charge on any atom is -0.490 e. The lowest BCUT2D eigenvalue weighted by Crippen LogP contribution is -2.49. The fraction of sp³-hybridized carbons (Fsp3) is 0.107. The molecule has 0 spiro atoms. The predicted octanol–water partition coefficient (Wildman–Crippen LogP) is 5.54. The Morgan fingerprint density at radius 1 is 0.769 bits per heavy atom. The number of fused-ring (bicyclic) bond motifs is 1. The van der Waals surface area contributed by atoms with Crippen molar-refractivity contribution in [2.24, 2.45) is 0 Å². The molecule has 0 aliphatic heterocycles. The highest BCUT2D eigenvalue weighted by atomic mass is 79.9. The summed E-state index contributed by atoms with van der Waals surface area (Å²) in [7, 11) is 0. The number of amides is 2. The van der Waals surface area contributed by atoms with Gasteiger partial charge in [-0.05, 0) is 81.4 Å². The van der Waals surface area contributed by atoms with E-state index in [4.69, 9.17) is 26.4 Å². The minimum absolute atomic E-state index is 0.0898. The van der Waals surface area contributed by atoms with Crippen LogP contribution >= 0.6 is 44.1 Å². The highest BCUT2D eigenvalue weighted by molar-refractivity contribution is 9.11. The van der Waals surface area contributed by atoms with Gasteiger partial charge in [-0.3, -0.25) is 25.8 Å². The monoisotopic (exact) mass is 671 g/mol. The summed E-state index contributed by atoms with van der Waals surface area (Å²) in [6.45, 7) is 0.274. The number of carbonyl (C=O) groups excluding carboxylic acids is 2. The lowest BCUT2D eigenvalue weighted by molar-refractivity contribution is -0.123. The molecule has 4 rings (SSSR count). The van der Waals surface area contributed by atoms with Crippen molar-refractivity contribution in [1.82, 2.24) is 16.2 Å². The Kier molecular flexibility index (Phi) is 10.1. The van der Waals surface area contributed by atoms with Crippen LogP contribution in [0.15, 0.2) is 93.9 Å². The number of carbonyl (C=O) groups is 2. The van der Waals surface area contributed by atoms with Crippen molar-refractivity contribution in [3.05, 3.63) is 99.4 Å². The van der Waals surface area contributed by atoms with Gasteiger partial charge in [0.15, 0.2) is 11.7 Å². The van der Waals surface area contributed by atoms with Crippen molar-refractivity contribution < 1.29 is 23.8 Å². The summed E-state index contributed by atoms with van der Waals surface area (Å²) in [5, 5.41) is 4.40. The van der Waals surface area contributed by atoms with E-state index in [9.17, 15) is 9.59 Å². The smallest absolute Gasteiger partial charge is 0.276 e. The number of thiocarbonyl (C=S) groups is 1. The average Bonchev–Trinajstić information content (AvgIpc) is 2.94. The first-order valence-electron chi connectivity index (χ1n) is 11.7. The summed E-state index contributed by atoms with van der Waals surface area (Å²) in [6.07, 6.45) is 0. The fourth-order valence-electron chi connectivity index (χ4n) is 3.47. The first-order valence-corrected chi connectivity index (χ1v) is 13.7. The molecule has 0 fully saturated rings. The highest BCUT2D eigenvalue weighted by Crippen LogP contribution is 2.34. The van der Waals surface area contributed by atoms with Gasteiger partial charge >= 0.3 is 0 Å². The molecule has 0 atom stereocenters. The molecule has 39 heavy (non-hydrogen) atoms. The zero-order valence-electron chi connectivity index (χ0n) is 20.4. The normalized spacial score (nSPS) is 10.4. The quantitative estimate of drug-likeness (QED) is 0.122. The molecule has 0 saturated carbocycles. The van der Waals surface area contributed by atoms with Crippen LogP contribution in [-0.4, -0.2) is 36.7 Å². The summed E-state index contributed by atoms with van der Waals surface area (Å²) < 4.78 is 18.7. The third kappa shape index (κ3) is 8.16. The lowest BCUT2D eigenvalue weighted by Gasteiger charge is -2.14. The van der Waals surface area contributed by atoms with Crippen molar-refractivity contribution in [3.63, 3.8) is 0 Å². The molecule has 0 saturated heterocycles. The van der Waals surface area contributed by atoms with Crippen molar-refractivity contribution in [1.29, 1.82) is 0 Å². The third-order valence-electron chi connectivity index (χ3n) is 5.27. The minimum atomic E-state index is -0.496. The average molecular weight is 673 g/mol. The number of hydrazine groups is 1. The second kappa shape index (κ2) is 13.9. The van der Waals surface area contributed by atoms with Crippen LogP contribution in [0, 0.1) is 0 Å². The molecule has 11 heteroatoms. The van der Waals surface area contributed by atoms with Crippen molar-refractivity contribution >= 4 is 71.8 Å². The van der Waals surface area contributed by atoms with Crippen LogP contribution in [0.5, 0.6) is 17.2 Å². The maximum absolute atomic E-state index is 12.8. The van der Waals surface area contributed by atoms with Gasteiger partial charge in [0, 0.05) is 4.47 Å². The molecule has 0 unspecified atom stereocenters. The Bertz CT molecular complexity index is 1490. The topological polar surface area (TPSA) is 97.9 Å². The second-order valence-corrected chi connectivity index (χ2v) is 10.1. The van der Waals surface area contributed by atoms with E-state index in [2.05, 4.69) is 48.0 Å². The first kappa shape index (κ1) is 28.3. The number of benzene rings is 4. The number of halogens is 2. The molecule has 0 aliphatic rings. The first-order chi connectivity index (χ1) is 18.9. The van der Waals surface area contributed by atoms with Crippen molar-refractivity contribution in [3.8, 4) is 17.2 Å². The number of rotatable bonds is 9. The van der Waals surface area contributed by atoms with Gasteiger partial charge in [-0.1, -0.05) is 58.4 Å². The summed E-state index contributed by atoms with van der Waals surface area (Å²) in [5.74, 6) is 0.636. The van der Waals surface area contributed by atoms with E-state index in [0.29, 0.717) is 18.1 Å². The van der Waals surface area contributed by atoms with E-state index in [1.54, 1.807) is 30.3 Å². The number of hydrogen-bond acceptors (Lipinski definition) is 6. The van der Waals surface area contributed by atoms with Gasteiger partial charge in [0.2, 0.25) is 0 Å². The van der Waals surface area contributed by atoms with E-state index in [1.165, 1.54) is 0 Å². The van der Waals surface area contributed by atoms with E-state index < -0.39 is 11.8 Å². The van der Waals surface area contributed by atoms with Crippen LogP contribution in [-0.2, 0) is 4.79 Å². The van der Waals surface area contributed by atoms with E-state index in [1.807, 2.05) is 54.6 Å². The molecule has 4 aromatic carbocycles. The lowest BCUT2D eigenvalue weighted by atomic mass is 10.1. The number of hydrogen-bond donors (Lipinski definition) is 3. The Hall–Kier alpha value is -3.67. The number of para-hydroxylation sites is 2. The van der Waals surface area contributed by atoms with Gasteiger partial charge < -0.3 is 14.2 Å². The second-order valence-electron chi connectivity index (χ2n) is 7.99. The van der Waals surface area contributed by atoms with Crippen LogP contribution in [0.2, 0.25) is 0 Å². The molecule has 0 bridgehead atoms. The maximum atomic E-state index is 12.8. The van der Waals surface area contributed by atoms with Crippen LogP contribution in [0.25, 0.3) is 10.8 Å². The molecular weight excluding hydrogens is 650 g/mol. The molecule has 200 valence electrons. The molecule has 0 radical (unpaired) electrons. The largest absolute Gasteiger partial charge is 0.490 e. The van der Waals surface area contributed by atoms with Gasteiger partial charge in [-0.15, -0.1) is 0 Å². The Morgan fingerprint density at radius 2 is 1.51 bits per heavy atom. The number of nitrogens with one attached hydrogen (secondary N) is 3. The van der Waals surface area contributed by atoms with Gasteiger partial charge in [0.1, 0.15) is 30.5 Å². The zero-order chi connectivity index (χ0) is 27.6. The van der Waals surface area contributed by atoms with Gasteiger partial charge in [-0.25, -0.2) is 0 Å². The molecule has 0 aliphatic carbocycles. The van der Waals surface area contributed by atoms with E-state index in [-0.39, 0.29) is 23.9 Å². The zero-order valence-corrected chi connectivity index (χ0v) is 24.4. The van der Waals surface area contributed by atoms with E-state index >= 15 is 0 Å². The third-order valence-corrected chi connectivity index (χ3v) is 6.78. The van der Waals surface area contributed by atoms with Crippen LogP contribution in [0.1, 0.15) is 10.4 Å². The molecule has 3 N–H and O–H groups in total. The Morgan fingerprint density at radius 3 is 2.33 bits per heavy atom. The Labute approximate surface area is 247 Å². The van der Waals surface area contributed by atoms with Crippen molar-refractivity contribution in [2.75, 3.05) is 19.8 Å². The van der Waals surface area contributed by atoms with Crippen LogP contribution in [0.4, 0.5) is 0 Å². The highest BCUT2D eigenvalue weighted by Gasteiger charge is 2.15.